The topological polar surface area (TPSA) is 81.1 Å². The molecule has 5 nitrogen and oxygen atoms in total. The lowest BCUT2D eigenvalue weighted by Crippen LogP contribution is -2.25. The molecule has 0 saturated carbocycles. The molecule has 80 valence electrons. The van der Waals surface area contributed by atoms with Crippen LogP contribution in [0.4, 0.5) is 5.82 Å². The van der Waals surface area contributed by atoms with E-state index in [9.17, 15) is 4.79 Å². The van der Waals surface area contributed by atoms with E-state index in [1.54, 1.807) is 16.8 Å². The van der Waals surface area contributed by atoms with Crippen LogP contribution in [0.3, 0.4) is 0 Å². The van der Waals surface area contributed by atoms with Gasteiger partial charge >= 0.3 is 5.69 Å². The zero-order valence-electron chi connectivity index (χ0n) is 8.26. The quantitative estimate of drug-likeness (QED) is 0.673. The third kappa shape index (κ3) is 1.92. The van der Waals surface area contributed by atoms with Crippen molar-refractivity contribution >= 4 is 5.82 Å². The van der Waals surface area contributed by atoms with Gasteiger partial charge in [-0.2, -0.15) is 4.98 Å². The third-order valence-electron chi connectivity index (χ3n) is 2.60. The van der Waals surface area contributed by atoms with Crippen molar-refractivity contribution in [1.82, 2.24) is 9.55 Å². The van der Waals surface area contributed by atoms with Crippen LogP contribution in [0.15, 0.2) is 28.7 Å². The van der Waals surface area contributed by atoms with Gasteiger partial charge in [0.05, 0.1) is 12.6 Å². The molecule has 15 heavy (non-hydrogen) atoms. The Morgan fingerprint density at radius 3 is 3.07 bits per heavy atom. The Morgan fingerprint density at radius 1 is 1.67 bits per heavy atom. The first kappa shape index (κ1) is 9.92. The summed E-state index contributed by atoms with van der Waals surface area (Å²) < 4.78 is 1.54. The van der Waals surface area contributed by atoms with E-state index >= 15 is 0 Å². The summed E-state index contributed by atoms with van der Waals surface area (Å²) in [5.41, 5.74) is 6.04. The lowest BCUT2D eigenvalue weighted by molar-refractivity contribution is 0.328. The van der Waals surface area contributed by atoms with Gasteiger partial charge in [-0.05, 0) is 24.5 Å². The van der Waals surface area contributed by atoms with Gasteiger partial charge in [0.25, 0.3) is 0 Å². The zero-order valence-corrected chi connectivity index (χ0v) is 8.26. The van der Waals surface area contributed by atoms with Crippen LogP contribution in [-0.4, -0.2) is 21.3 Å². The number of nitrogens with zero attached hydrogens (tertiary/aromatic N) is 2. The van der Waals surface area contributed by atoms with E-state index in [2.05, 4.69) is 4.98 Å². The molecule has 0 aliphatic heterocycles. The second-order valence-electron chi connectivity index (χ2n) is 3.63. The van der Waals surface area contributed by atoms with Crippen molar-refractivity contribution < 1.29 is 5.11 Å². The molecule has 0 aromatic carbocycles. The van der Waals surface area contributed by atoms with Gasteiger partial charge in [-0.25, -0.2) is 4.79 Å². The van der Waals surface area contributed by atoms with Crippen LogP contribution in [0.25, 0.3) is 0 Å². The average Bonchev–Trinajstić information content (AvgIpc) is 2.66. The number of aromatic nitrogens is 2. The van der Waals surface area contributed by atoms with Gasteiger partial charge in [0, 0.05) is 6.20 Å². The van der Waals surface area contributed by atoms with Crippen LogP contribution in [-0.2, 0) is 0 Å². The molecule has 1 aliphatic carbocycles. The average molecular weight is 207 g/mol. The highest BCUT2D eigenvalue weighted by molar-refractivity contribution is 5.24. The second-order valence-corrected chi connectivity index (χ2v) is 3.63. The first-order valence-corrected chi connectivity index (χ1v) is 4.86. The summed E-state index contributed by atoms with van der Waals surface area (Å²) in [5, 5.41) is 8.95. The summed E-state index contributed by atoms with van der Waals surface area (Å²) in [5.74, 6) is 0.237. The molecule has 0 fully saturated rings. The SMILES string of the molecule is Nc1ccn([C@@H]2C=C(CO)CC2)c(=O)n1. The second kappa shape index (κ2) is 3.86. The predicted octanol–water partition coefficient (Wildman–Crippen LogP) is 0.0791. The summed E-state index contributed by atoms with van der Waals surface area (Å²) in [6, 6.07) is 1.61. The van der Waals surface area contributed by atoms with E-state index in [1.807, 2.05) is 6.08 Å². The van der Waals surface area contributed by atoms with E-state index < -0.39 is 0 Å². The molecule has 5 heteroatoms. The van der Waals surface area contributed by atoms with Gasteiger partial charge in [-0.3, -0.25) is 4.57 Å². The van der Waals surface area contributed by atoms with Crippen molar-refractivity contribution in [3.05, 3.63) is 34.4 Å². The number of rotatable bonds is 2. The fourth-order valence-corrected chi connectivity index (χ4v) is 1.80. The smallest absolute Gasteiger partial charge is 0.350 e. The standard InChI is InChI=1S/C10H13N3O2/c11-9-3-4-13(10(15)12-9)8-2-1-7(5-8)6-14/h3-5,8,14H,1-2,6H2,(H2,11,12,15)/t8-/m0/s1. The molecule has 1 heterocycles. The fraction of sp³-hybridized carbons (Fsp3) is 0.400. The minimum absolute atomic E-state index is 0.00718. The van der Waals surface area contributed by atoms with Gasteiger partial charge < -0.3 is 10.8 Å². The lowest BCUT2D eigenvalue weighted by Gasteiger charge is -2.10. The van der Waals surface area contributed by atoms with Crippen molar-refractivity contribution in [2.45, 2.75) is 18.9 Å². The highest BCUT2D eigenvalue weighted by Crippen LogP contribution is 2.26. The van der Waals surface area contributed by atoms with Crippen LogP contribution in [0.1, 0.15) is 18.9 Å². The summed E-state index contributed by atoms with van der Waals surface area (Å²) in [7, 11) is 0. The van der Waals surface area contributed by atoms with Crippen molar-refractivity contribution in [3.8, 4) is 0 Å². The number of aliphatic hydroxyl groups excluding tert-OH is 1. The maximum absolute atomic E-state index is 11.5. The maximum atomic E-state index is 11.5. The van der Waals surface area contributed by atoms with Crippen molar-refractivity contribution in [3.63, 3.8) is 0 Å². The third-order valence-corrected chi connectivity index (χ3v) is 2.60. The zero-order chi connectivity index (χ0) is 10.8. The number of anilines is 1. The molecule has 1 aromatic rings. The van der Waals surface area contributed by atoms with Crippen LogP contribution < -0.4 is 11.4 Å². The van der Waals surface area contributed by atoms with Crippen LogP contribution in [0, 0.1) is 0 Å². The molecule has 0 unspecified atom stereocenters. The largest absolute Gasteiger partial charge is 0.392 e. The Hall–Kier alpha value is -1.62. The molecule has 0 radical (unpaired) electrons. The number of nitrogen functional groups attached to an aromatic ring is 1. The van der Waals surface area contributed by atoms with Gasteiger partial charge in [-0.1, -0.05) is 6.08 Å². The Morgan fingerprint density at radius 2 is 2.47 bits per heavy atom. The first-order valence-electron chi connectivity index (χ1n) is 4.86. The minimum Gasteiger partial charge on any atom is -0.392 e. The monoisotopic (exact) mass is 207 g/mol. The van der Waals surface area contributed by atoms with Gasteiger partial charge in [0.15, 0.2) is 0 Å². The van der Waals surface area contributed by atoms with E-state index in [0.29, 0.717) is 0 Å². The van der Waals surface area contributed by atoms with Gasteiger partial charge in [0.1, 0.15) is 5.82 Å². The van der Waals surface area contributed by atoms with Crippen molar-refractivity contribution in [2.24, 2.45) is 0 Å². The maximum Gasteiger partial charge on any atom is 0.350 e. The molecular weight excluding hydrogens is 194 g/mol. The molecule has 1 aliphatic rings. The molecule has 1 aromatic heterocycles. The summed E-state index contributed by atoms with van der Waals surface area (Å²) in [4.78, 5) is 15.2. The summed E-state index contributed by atoms with van der Waals surface area (Å²) >= 11 is 0. The number of aliphatic hydroxyl groups is 1. The Labute approximate surface area is 86.9 Å². The molecule has 0 spiro atoms. The number of allylic oxidation sites excluding steroid dienone is 1. The number of hydrogen-bond donors (Lipinski definition) is 2. The molecule has 2 rings (SSSR count). The van der Waals surface area contributed by atoms with E-state index in [4.69, 9.17) is 10.8 Å². The summed E-state index contributed by atoms with van der Waals surface area (Å²) in [6.45, 7) is 0.0631. The van der Waals surface area contributed by atoms with Crippen LogP contribution >= 0.6 is 0 Å². The Bertz CT molecular complexity index is 450. The van der Waals surface area contributed by atoms with Gasteiger partial charge in [0.2, 0.25) is 0 Å². The molecular formula is C10H13N3O2. The molecule has 0 bridgehead atoms. The van der Waals surface area contributed by atoms with E-state index in [1.165, 1.54) is 0 Å². The predicted molar refractivity (Wildman–Crippen MR) is 56.3 cm³/mol. The number of hydrogen-bond acceptors (Lipinski definition) is 4. The molecule has 3 N–H and O–H groups in total. The fourth-order valence-electron chi connectivity index (χ4n) is 1.80. The lowest BCUT2D eigenvalue weighted by atomic mass is 10.2. The van der Waals surface area contributed by atoms with Crippen molar-refractivity contribution in [1.29, 1.82) is 0 Å². The molecule has 0 amide bonds. The first-order chi connectivity index (χ1) is 7.20. The molecule has 1 atom stereocenters. The van der Waals surface area contributed by atoms with E-state index in [0.717, 1.165) is 18.4 Å². The normalized spacial score (nSPS) is 20.3. The number of nitrogens with two attached hydrogens (primary N) is 1. The Kier molecular flexibility index (Phi) is 2.55. The highest BCUT2D eigenvalue weighted by Gasteiger charge is 2.17. The highest BCUT2D eigenvalue weighted by atomic mass is 16.3. The van der Waals surface area contributed by atoms with Crippen LogP contribution in [0.5, 0.6) is 0 Å². The van der Waals surface area contributed by atoms with E-state index in [-0.39, 0.29) is 24.2 Å². The summed E-state index contributed by atoms with van der Waals surface area (Å²) in [6.07, 6.45) is 5.23. The van der Waals surface area contributed by atoms with Crippen molar-refractivity contribution in [2.75, 3.05) is 12.3 Å². The minimum atomic E-state index is -0.338. The van der Waals surface area contributed by atoms with Gasteiger partial charge in [-0.15, -0.1) is 0 Å². The Balaban J connectivity index is 2.32. The van der Waals surface area contributed by atoms with Crippen LogP contribution in [0.2, 0.25) is 0 Å². The molecule has 0 saturated heterocycles.